The normalized spacial score (nSPS) is 11.1. The number of nitrogens with one attached hydrogen (secondary N) is 1. The van der Waals surface area contributed by atoms with Crippen molar-refractivity contribution >= 4 is 49.8 Å². The molecule has 0 aromatic heterocycles. The second-order valence-corrected chi connectivity index (χ2v) is 8.09. The predicted octanol–water partition coefficient (Wildman–Crippen LogP) is 5.79. The van der Waals surface area contributed by atoms with Crippen LogP contribution in [0.15, 0.2) is 87.4 Å². The van der Waals surface area contributed by atoms with Crippen molar-refractivity contribution in [1.29, 1.82) is 0 Å². The molecule has 0 atom stereocenters. The largest absolute Gasteiger partial charge is 0.477 e. The van der Waals surface area contributed by atoms with E-state index in [2.05, 4.69) is 37.2 Å². The molecule has 0 fully saturated rings. The lowest BCUT2D eigenvalue weighted by Gasteiger charge is -2.09. The summed E-state index contributed by atoms with van der Waals surface area (Å²) < 4.78 is 7.54. The standard InChI is InChI=1S/C23H17Br2NO4/c24-17-9-5-16(6-10-17)14-22(27)26-20(23(28)29)13-15-7-11-18(12-8-15)30-21-4-2-1-3-19(21)25/h1-13H,14H2,(H,26,27)(H,28,29). The monoisotopic (exact) mass is 529 g/mol. The van der Waals surface area contributed by atoms with Gasteiger partial charge in [-0.1, -0.05) is 52.3 Å². The molecule has 0 bridgehead atoms. The Hall–Kier alpha value is -2.90. The van der Waals surface area contributed by atoms with Gasteiger partial charge < -0.3 is 15.2 Å². The zero-order chi connectivity index (χ0) is 21.5. The highest BCUT2D eigenvalue weighted by molar-refractivity contribution is 9.10. The summed E-state index contributed by atoms with van der Waals surface area (Å²) in [6.07, 6.45) is 1.49. The van der Waals surface area contributed by atoms with Crippen molar-refractivity contribution in [1.82, 2.24) is 5.32 Å². The van der Waals surface area contributed by atoms with Crippen LogP contribution in [0.1, 0.15) is 11.1 Å². The number of hydrogen-bond donors (Lipinski definition) is 2. The van der Waals surface area contributed by atoms with Gasteiger partial charge in [0.25, 0.3) is 0 Å². The molecule has 0 saturated heterocycles. The van der Waals surface area contributed by atoms with Gasteiger partial charge in [-0.2, -0.15) is 0 Å². The Morgan fingerprint density at radius 3 is 2.23 bits per heavy atom. The summed E-state index contributed by atoms with van der Waals surface area (Å²) in [5.74, 6) is -0.338. The fourth-order valence-electron chi connectivity index (χ4n) is 2.59. The minimum Gasteiger partial charge on any atom is -0.477 e. The summed E-state index contributed by atoms with van der Waals surface area (Å²) in [6.45, 7) is 0. The Labute approximate surface area is 190 Å². The maximum atomic E-state index is 12.2. The van der Waals surface area contributed by atoms with Crippen LogP contribution in [0.5, 0.6) is 11.5 Å². The number of carbonyl (C=O) groups is 2. The van der Waals surface area contributed by atoms with Crippen LogP contribution in [-0.2, 0) is 16.0 Å². The van der Waals surface area contributed by atoms with Crippen molar-refractivity contribution in [2.45, 2.75) is 6.42 Å². The summed E-state index contributed by atoms with van der Waals surface area (Å²) in [5.41, 5.74) is 1.21. The minimum atomic E-state index is -1.22. The molecular formula is C23H17Br2NO4. The number of halogens is 2. The number of aliphatic carboxylic acids is 1. The van der Waals surface area contributed by atoms with Crippen LogP contribution < -0.4 is 10.1 Å². The highest BCUT2D eigenvalue weighted by Crippen LogP contribution is 2.29. The topological polar surface area (TPSA) is 75.6 Å². The fourth-order valence-corrected chi connectivity index (χ4v) is 3.22. The van der Waals surface area contributed by atoms with E-state index in [1.165, 1.54) is 6.08 Å². The van der Waals surface area contributed by atoms with Crippen molar-refractivity contribution in [3.63, 3.8) is 0 Å². The molecule has 0 aliphatic heterocycles. The van der Waals surface area contributed by atoms with E-state index in [-0.39, 0.29) is 12.1 Å². The average molecular weight is 531 g/mol. The Morgan fingerprint density at radius 2 is 1.60 bits per heavy atom. The number of carboxylic acids is 1. The van der Waals surface area contributed by atoms with Crippen LogP contribution in [0.4, 0.5) is 0 Å². The molecule has 0 unspecified atom stereocenters. The molecular weight excluding hydrogens is 514 g/mol. The van der Waals surface area contributed by atoms with E-state index in [1.54, 1.807) is 36.4 Å². The molecule has 1 amide bonds. The molecule has 2 N–H and O–H groups in total. The minimum absolute atomic E-state index is 0.0800. The quantitative estimate of drug-likeness (QED) is 0.379. The molecule has 0 radical (unpaired) electrons. The van der Waals surface area contributed by atoms with Gasteiger partial charge in [-0.3, -0.25) is 4.79 Å². The molecule has 0 saturated carbocycles. The van der Waals surface area contributed by atoms with Crippen molar-refractivity contribution < 1.29 is 19.4 Å². The molecule has 0 heterocycles. The molecule has 0 spiro atoms. The number of carbonyl (C=O) groups excluding carboxylic acids is 1. The number of rotatable bonds is 7. The molecule has 5 nitrogen and oxygen atoms in total. The maximum absolute atomic E-state index is 12.2. The third kappa shape index (κ3) is 6.30. The lowest BCUT2D eigenvalue weighted by molar-refractivity contribution is -0.134. The van der Waals surface area contributed by atoms with Crippen molar-refractivity contribution in [2.24, 2.45) is 0 Å². The van der Waals surface area contributed by atoms with Crippen LogP contribution in [0.2, 0.25) is 0 Å². The number of carboxylic acid groups (broad SMARTS) is 1. The SMILES string of the molecule is O=C(Cc1ccc(Br)cc1)NC(=Cc1ccc(Oc2ccccc2Br)cc1)C(=O)O. The molecule has 7 heteroatoms. The molecule has 30 heavy (non-hydrogen) atoms. The van der Waals surface area contributed by atoms with E-state index in [1.807, 2.05) is 36.4 Å². The fraction of sp³-hybridized carbons (Fsp3) is 0.0435. The smallest absolute Gasteiger partial charge is 0.352 e. The Balaban J connectivity index is 1.68. The van der Waals surface area contributed by atoms with Gasteiger partial charge in [0, 0.05) is 4.47 Å². The second-order valence-electron chi connectivity index (χ2n) is 6.32. The van der Waals surface area contributed by atoms with E-state index in [4.69, 9.17) is 4.74 Å². The third-order valence-electron chi connectivity index (χ3n) is 4.04. The third-order valence-corrected chi connectivity index (χ3v) is 5.22. The maximum Gasteiger partial charge on any atom is 0.352 e. The first-order valence-electron chi connectivity index (χ1n) is 8.92. The van der Waals surface area contributed by atoms with E-state index in [9.17, 15) is 14.7 Å². The molecule has 0 aliphatic rings. The summed E-state index contributed by atoms with van der Waals surface area (Å²) in [5, 5.41) is 11.9. The van der Waals surface area contributed by atoms with E-state index >= 15 is 0 Å². The molecule has 152 valence electrons. The van der Waals surface area contributed by atoms with E-state index < -0.39 is 11.9 Å². The van der Waals surface area contributed by atoms with Gasteiger partial charge in [-0.15, -0.1) is 0 Å². The first-order chi connectivity index (χ1) is 14.4. The molecule has 0 aliphatic carbocycles. The highest BCUT2D eigenvalue weighted by atomic mass is 79.9. The van der Waals surface area contributed by atoms with Gasteiger partial charge >= 0.3 is 5.97 Å². The number of amides is 1. The van der Waals surface area contributed by atoms with E-state index in [0.717, 1.165) is 14.5 Å². The second kappa shape index (κ2) is 10.2. The lowest BCUT2D eigenvalue weighted by Crippen LogP contribution is -2.28. The van der Waals surface area contributed by atoms with Crippen molar-refractivity contribution in [3.05, 3.63) is 98.6 Å². The van der Waals surface area contributed by atoms with Crippen LogP contribution >= 0.6 is 31.9 Å². The van der Waals surface area contributed by atoms with E-state index in [0.29, 0.717) is 17.1 Å². The number of para-hydroxylation sites is 1. The number of hydrogen-bond acceptors (Lipinski definition) is 3. The van der Waals surface area contributed by atoms with Gasteiger partial charge in [-0.25, -0.2) is 4.79 Å². The van der Waals surface area contributed by atoms with Crippen LogP contribution in [-0.4, -0.2) is 17.0 Å². The first-order valence-corrected chi connectivity index (χ1v) is 10.5. The van der Waals surface area contributed by atoms with Crippen molar-refractivity contribution in [2.75, 3.05) is 0 Å². The highest BCUT2D eigenvalue weighted by Gasteiger charge is 2.12. The van der Waals surface area contributed by atoms with Crippen molar-refractivity contribution in [3.8, 4) is 11.5 Å². The number of benzene rings is 3. The molecule has 3 rings (SSSR count). The Bertz CT molecular complexity index is 1080. The Morgan fingerprint density at radius 1 is 0.933 bits per heavy atom. The van der Waals surface area contributed by atoms with Gasteiger partial charge in [0.1, 0.15) is 17.2 Å². The molecule has 3 aromatic rings. The molecule has 3 aromatic carbocycles. The van der Waals surface area contributed by atoms with Crippen LogP contribution in [0.25, 0.3) is 6.08 Å². The van der Waals surface area contributed by atoms with Gasteiger partial charge in [0.15, 0.2) is 0 Å². The number of ether oxygens (including phenoxy) is 1. The Kier molecular flexibility index (Phi) is 7.43. The lowest BCUT2D eigenvalue weighted by atomic mass is 10.1. The first kappa shape index (κ1) is 21.8. The van der Waals surface area contributed by atoms with Crippen LogP contribution in [0.3, 0.4) is 0 Å². The van der Waals surface area contributed by atoms with Gasteiger partial charge in [0.05, 0.1) is 10.9 Å². The summed E-state index contributed by atoms with van der Waals surface area (Å²) in [4.78, 5) is 23.8. The van der Waals surface area contributed by atoms with Gasteiger partial charge in [-0.05, 0) is 69.5 Å². The zero-order valence-corrected chi connectivity index (χ0v) is 18.8. The van der Waals surface area contributed by atoms with Gasteiger partial charge in [0.2, 0.25) is 5.91 Å². The summed E-state index contributed by atoms with van der Waals surface area (Å²) in [7, 11) is 0. The summed E-state index contributed by atoms with van der Waals surface area (Å²) in [6, 6.07) is 21.6. The summed E-state index contributed by atoms with van der Waals surface area (Å²) >= 11 is 6.76. The zero-order valence-electron chi connectivity index (χ0n) is 15.6. The predicted molar refractivity (Wildman–Crippen MR) is 122 cm³/mol. The van der Waals surface area contributed by atoms with Crippen LogP contribution in [0, 0.1) is 0 Å². The average Bonchev–Trinajstić information content (AvgIpc) is 2.72.